The van der Waals surface area contributed by atoms with Crippen LogP contribution in [0.3, 0.4) is 0 Å². The van der Waals surface area contributed by atoms with Crippen LogP contribution in [0.5, 0.6) is 0 Å². The van der Waals surface area contributed by atoms with Gasteiger partial charge in [0.25, 0.3) is 23.6 Å². The van der Waals surface area contributed by atoms with Crippen molar-refractivity contribution in [2.45, 2.75) is 51.4 Å². The number of pyridine rings is 1. The number of hydrogen-bond acceptors (Lipinski definition) is 17. The molecule has 5 aromatic rings. The second-order valence-corrected chi connectivity index (χ2v) is 18.7. The van der Waals surface area contributed by atoms with E-state index in [1.807, 2.05) is 0 Å². The number of carbonyl (C=O) groups excluding carboxylic acids is 8. The van der Waals surface area contributed by atoms with Crippen molar-refractivity contribution in [1.82, 2.24) is 40.2 Å². The molecule has 0 aliphatic carbocycles. The molecule has 8 rings (SSSR count). The summed E-state index contributed by atoms with van der Waals surface area (Å²) in [5.74, 6) is -4.20. The van der Waals surface area contributed by atoms with Crippen LogP contribution < -0.4 is 31.1 Å². The molecule has 0 radical (unpaired) electrons. The highest BCUT2D eigenvalue weighted by Gasteiger charge is 2.46. The normalized spacial score (nSPS) is 15.7. The summed E-state index contributed by atoms with van der Waals surface area (Å²) in [6.07, 6.45) is -2.48. The molecule has 2 fully saturated rings. The van der Waals surface area contributed by atoms with Crippen LogP contribution in [0.2, 0.25) is 0 Å². The zero-order valence-corrected chi connectivity index (χ0v) is 42.3. The molecule has 25 nitrogen and oxygen atoms in total. The minimum atomic E-state index is -4.81. The van der Waals surface area contributed by atoms with Crippen LogP contribution in [-0.4, -0.2) is 172 Å². The van der Waals surface area contributed by atoms with Gasteiger partial charge in [-0.3, -0.25) is 48.8 Å². The minimum absolute atomic E-state index is 0.0121. The monoisotopic (exact) mass is 1090 g/mol. The highest BCUT2D eigenvalue weighted by Crippen LogP contribution is 2.34. The number of halogens is 3. The van der Waals surface area contributed by atoms with Gasteiger partial charge in [-0.25, -0.2) is 24.2 Å². The maximum Gasteiger partial charge on any atom is 0.416 e. The lowest BCUT2D eigenvalue weighted by Crippen LogP contribution is -2.54. The summed E-state index contributed by atoms with van der Waals surface area (Å²) in [7, 11) is 0. The van der Waals surface area contributed by atoms with Crippen molar-refractivity contribution < 1.29 is 75.3 Å². The Hall–Kier alpha value is -8.76. The molecular weight excluding hydrogens is 1030 g/mol. The van der Waals surface area contributed by atoms with Crippen molar-refractivity contribution in [2.75, 3.05) is 92.7 Å². The van der Waals surface area contributed by atoms with E-state index in [0.717, 1.165) is 23.4 Å². The van der Waals surface area contributed by atoms with E-state index >= 15 is 0 Å². The lowest BCUT2D eigenvalue weighted by Gasteiger charge is -2.27. The molecular formula is C50H53F3N12O13. The number of aliphatic hydroxyl groups is 1. The van der Waals surface area contributed by atoms with E-state index in [1.165, 1.54) is 53.6 Å². The van der Waals surface area contributed by atoms with E-state index in [2.05, 4.69) is 36.3 Å². The number of rotatable bonds is 21. The van der Waals surface area contributed by atoms with Crippen molar-refractivity contribution in [3.63, 3.8) is 0 Å². The van der Waals surface area contributed by atoms with Crippen LogP contribution >= 0.6 is 0 Å². The Morgan fingerprint density at radius 1 is 0.910 bits per heavy atom. The van der Waals surface area contributed by atoms with Crippen LogP contribution in [-0.2, 0) is 23.8 Å². The standard InChI is InChI=1S/C50H53F3N12O13/c1-49(2,3)78-48(74)63(28-50(51,52)53)37-25-30(13-14-55-37)44-58-35(27-77-44)42(69)57-34-26-64(60-40(34)62-18-17-61(19-20-66)47(62)73)31-9-7-29(8-10-31)41(68)56-16-22-76-24-23-75-21-15-54-33-6-4-5-32-39(33)46(72)65(45(32)71)36-11-12-38(67)59-43(36)70/h4-10,13-14,25-27,36,54,66H,11-12,15-24,28H2,1-3H3,(H,56,68)(H,57,69)(H,59,67,70). The number of piperidine rings is 1. The summed E-state index contributed by atoms with van der Waals surface area (Å²) in [4.78, 5) is 115. The number of hydrogen-bond donors (Lipinski definition) is 5. The largest absolute Gasteiger partial charge is 0.444 e. The van der Waals surface area contributed by atoms with Gasteiger partial charge in [0.05, 0.1) is 56.0 Å². The van der Waals surface area contributed by atoms with Crippen molar-refractivity contribution in [1.29, 1.82) is 0 Å². The van der Waals surface area contributed by atoms with Gasteiger partial charge >= 0.3 is 18.3 Å². The number of anilines is 4. The number of aromatic nitrogens is 4. The third-order valence-corrected chi connectivity index (χ3v) is 11.9. The molecule has 28 heteroatoms. The van der Waals surface area contributed by atoms with Crippen LogP contribution in [0.15, 0.2) is 77.7 Å². The van der Waals surface area contributed by atoms with E-state index in [1.54, 1.807) is 36.4 Å². The number of benzene rings is 2. The summed E-state index contributed by atoms with van der Waals surface area (Å²) in [6, 6.07) is 11.9. The number of nitrogens with one attached hydrogen (secondary N) is 4. The first-order valence-corrected chi connectivity index (χ1v) is 24.4. The van der Waals surface area contributed by atoms with Crippen LogP contribution in [0.4, 0.5) is 45.8 Å². The van der Waals surface area contributed by atoms with Crippen molar-refractivity contribution >= 4 is 70.6 Å². The molecule has 3 aliphatic heterocycles. The minimum Gasteiger partial charge on any atom is -0.444 e. The average molecular weight is 1090 g/mol. The third kappa shape index (κ3) is 13.1. The van der Waals surface area contributed by atoms with Gasteiger partial charge in [0.15, 0.2) is 11.5 Å². The highest BCUT2D eigenvalue weighted by molar-refractivity contribution is 6.25. The Labute approximate surface area is 441 Å². The van der Waals surface area contributed by atoms with Gasteiger partial charge in [-0.05, 0) is 75.7 Å². The predicted octanol–water partition coefficient (Wildman–Crippen LogP) is 3.99. The first kappa shape index (κ1) is 55.5. The number of fused-ring (bicyclic) bond motifs is 1. The van der Waals surface area contributed by atoms with Crippen LogP contribution in [0.25, 0.3) is 17.1 Å². The number of nitrogens with zero attached hydrogens (tertiary/aromatic N) is 8. The van der Waals surface area contributed by atoms with E-state index in [-0.39, 0.29) is 118 Å². The molecule has 0 spiro atoms. The van der Waals surface area contributed by atoms with Gasteiger partial charge in [0.1, 0.15) is 36.0 Å². The molecule has 0 saturated carbocycles. The molecule has 1 unspecified atom stereocenters. The van der Waals surface area contributed by atoms with Gasteiger partial charge in [0.2, 0.25) is 17.7 Å². The Morgan fingerprint density at radius 2 is 1.65 bits per heavy atom. The van der Waals surface area contributed by atoms with Crippen molar-refractivity contribution in [3.05, 3.63) is 95.6 Å². The molecule has 3 aromatic heterocycles. The summed E-state index contributed by atoms with van der Waals surface area (Å²) in [5, 5.41) is 24.8. The number of carbonyl (C=O) groups is 8. The van der Waals surface area contributed by atoms with E-state index in [9.17, 15) is 56.6 Å². The number of amides is 9. The number of aliphatic hydroxyl groups excluding tert-OH is 1. The lowest BCUT2D eigenvalue weighted by atomic mass is 10.0. The fraction of sp³-hybridized carbons (Fsp3) is 0.380. The summed E-state index contributed by atoms with van der Waals surface area (Å²) >= 11 is 0. The van der Waals surface area contributed by atoms with Gasteiger partial charge < -0.3 is 44.6 Å². The molecule has 3 aliphatic rings. The Kier molecular flexibility index (Phi) is 16.8. The molecule has 412 valence electrons. The summed E-state index contributed by atoms with van der Waals surface area (Å²) in [5.41, 5.74) is 0.163. The molecule has 78 heavy (non-hydrogen) atoms. The second-order valence-electron chi connectivity index (χ2n) is 18.7. The van der Waals surface area contributed by atoms with Crippen LogP contribution in [0, 0.1) is 0 Å². The first-order valence-electron chi connectivity index (χ1n) is 24.4. The zero-order chi connectivity index (χ0) is 55.9. The van der Waals surface area contributed by atoms with Gasteiger partial charge in [-0.1, -0.05) is 6.07 Å². The fourth-order valence-electron chi connectivity index (χ4n) is 8.37. The Balaban J connectivity index is 0.828. The third-order valence-electron chi connectivity index (χ3n) is 11.9. The lowest BCUT2D eigenvalue weighted by molar-refractivity contribution is -0.136. The molecule has 9 amide bonds. The highest BCUT2D eigenvalue weighted by atomic mass is 19.4. The first-order chi connectivity index (χ1) is 37.2. The number of ether oxygens (including phenoxy) is 3. The molecule has 2 aromatic carbocycles. The van der Waals surface area contributed by atoms with Crippen molar-refractivity contribution in [2.24, 2.45) is 0 Å². The molecule has 1 atom stereocenters. The number of alkyl halides is 3. The van der Waals surface area contributed by atoms with Gasteiger partial charge in [0, 0.05) is 62.2 Å². The summed E-state index contributed by atoms with van der Waals surface area (Å²) < 4.78 is 64.1. The van der Waals surface area contributed by atoms with E-state index in [4.69, 9.17) is 18.6 Å². The Bertz CT molecular complexity index is 3100. The number of urea groups is 1. The quantitative estimate of drug-likeness (QED) is 0.0513. The van der Waals surface area contributed by atoms with Crippen LogP contribution in [0.1, 0.15) is 75.2 Å². The number of β-amino-alcohol motifs (C(OH)–C–C–N with tert-alkyl or cyclic N) is 1. The SMILES string of the molecule is CC(C)(C)OC(=O)N(CC(F)(F)F)c1cc(-c2nc(C(=O)Nc3cn(-c4ccc(C(=O)NCCOCCOCCNc5cccc6c5C(=O)N(C5CCC(=O)NC5=O)C6=O)cc4)nc3N3CCN(CCO)C3=O)co2)ccn1. The fourth-order valence-corrected chi connectivity index (χ4v) is 8.37. The predicted molar refractivity (Wildman–Crippen MR) is 268 cm³/mol. The second kappa shape index (κ2) is 23.6. The number of oxazole rings is 1. The zero-order valence-electron chi connectivity index (χ0n) is 42.3. The van der Waals surface area contributed by atoms with Gasteiger partial charge in [-0.2, -0.15) is 13.2 Å². The topological polar surface area (TPSA) is 302 Å². The van der Waals surface area contributed by atoms with Crippen molar-refractivity contribution in [3.8, 4) is 17.1 Å². The number of imide groups is 2. The average Bonchev–Trinajstić information content (AvgIpc) is 4.24. The molecule has 5 N–H and O–H groups in total. The molecule has 6 heterocycles. The smallest absolute Gasteiger partial charge is 0.416 e. The van der Waals surface area contributed by atoms with E-state index < -0.39 is 77.7 Å². The molecule has 2 saturated heterocycles. The maximum absolute atomic E-state index is 13.7. The maximum atomic E-state index is 13.7. The Morgan fingerprint density at radius 3 is 2.36 bits per heavy atom. The summed E-state index contributed by atoms with van der Waals surface area (Å²) in [6.45, 7) is 4.19. The van der Waals surface area contributed by atoms with E-state index in [0.29, 0.717) is 21.8 Å². The molecule has 0 bridgehead atoms. The van der Waals surface area contributed by atoms with Gasteiger partial charge in [-0.15, -0.1) is 5.10 Å².